The Morgan fingerprint density at radius 3 is 1.84 bits per heavy atom. The van der Waals surface area contributed by atoms with E-state index in [2.05, 4.69) is 29.4 Å². The van der Waals surface area contributed by atoms with Gasteiger partial charge in [-0.1, -0.05) is 0 Å². The summed E-state index contributed by atoms with van der Waals surface area (Å²) in [5.41, 5.74) is 0. The Kier molecular flexibility index (Phi) is 7.23. The second-order valence-electron chi connectivity index (χ2n) is 5.60. The molecule has 0 atom stereocenters. The molecule has 0 radical (unpaired) electrons. The van der Waals surface area contributed by atoms with E-state index in [0.717, 1.165) is 6.42 Å². The summed E-state index contributed by atoms with van der Waals surface area (Å²) in [7, 11) is 0. The van der Waals surface area contributed by atoms with Gasteiger partial charge in [-0.25, -0.2) is 0 Å². The van der Waals surface area contributed by atoms with Crippen molar-refractivity contribution in [2.24, 2.45) is 0 Å². The number of rotatable bonds is 8. The van der Waals surface area contributed by atoms with Gasteiger partial charge in [0, 0.05) is 0 Å². The summed E-state index contributed by atoms with van der Waals surface area (Å²) in [5.74, 6) is 7.27. The van der Waals surface area contributed by atoms with E-state index in [-0.39, 0.29) is 0 Å². The van der Waals surface area contributed by atoms with Gasteiger partial charge in [0.15, 0.2) is 0 Å². The van der Waals surface area contributed by atoms with E-state index >= 15 is 0 Å². The van der Waals surface area contributed by atoms with Crippen LogP contribution in [0.5, 0.6) is 0 Å². The van der Waals surface area contributed by atoms with Gasteiger partial charge in [-0.2, -0.15) is 0 Å². The van der Waals surface area contributed by atoms with Crippen LogP contribution in [0.3, 0.4) is 0 Å². The van der Waals surface area contributed by atoms with Gasteiger partial charge in [0.1, 0.15) is 0 Å². The molecule has 0 spiro atoms. The minimum atomic E-state index is -3.54. The van der Waals surface area contributed by atoms with Crippen LogP contribution in [0.4, 0.5) is 0 Å². The van der Waals surface area contributed by atoms with Gasteiger partial charge in [0.05, 0.1) is 0 Å². The Labute approximate surface area is 127 Å². The molecule has 0 heterocycles. The van der Waals surface area contributed by atoms with Gasteiger partial charge in [0.25, 0.3) is 0 Å². The van der Waals surface area contributed by atoms with Crippen LogP contribution < -0.4 is 0 Å². The molecule has 1 aliphatic rings. The molecule has 0 saturated heterocycles. The summed E-state index contributed by atoms with van der Waals surface area (Å²) in [6.07, 6.45) is 5.52. The SMILES string of the molecule is CC[O][Zr]([O]CC)([O]CC)[C]1=[C]([Ge]([CH3])([CH3])[CH3])C=CC1. The molecule has 0 N–H and O–H groups in total. The average molecular weight is 408 g/mol. The Balaban J connectivity index is 3.22. The molecular weight excluding hydrogens is 380 g/mol. The molecule has 1 rings (SSSR count). The molecule has 0 aromatic heterocycles. The van der Waals surface area contributed by atoms with Crippen LogP contribution in [0.25, 0.3) is 0 Å². The molecular formula is C14H28GeO3Zr. The third-order valence-corrected chi connectivity index (χ3v) is 16.7. The van der Waals surface area contributed by atoms with E-state index in [1.807, 2.05) is 20.8 Å². The van der Waals surface area contributed by atoms with Crippen molar-refractivity contribution >= 4 is 13.3 Å². The molecule has 0 bridgehead atoms. The van der Waals surface area contributed by atoms with Gasteiger partial charge in [-0.05, 0) is 0 Å². The first kappa shape index (κ1) is 17.8. The van der Waals surface area contributed by atoms with Crippen molar-refractivity contribution in [1.82, 2.24) is 0 Å². The van der Waals surface area contributed by atoms with Crippen LogP contribution in [0.15, 0.2) is 19.8 Å². The minimum absolute atomic E-state index is 0.671. The molecule has 0 aromatic carbocycles. The zero-order valence-electron chi connectivity index (χ0n) is 13.2. The first-order valence-electron chi connectivity index (χ1n) is 7.23. The predicted octanol–water partition coefficient (Wildman–Crippen LogP) is 4.09. The molecule has 110 valence electrons. The van der Waals surface area contributed by atoms with Crippen molar-refractivity contribution in [3.63, 3.8) is 0 Å². The maximum absolute atomic E-state index is 6.12. The summed E-state index contributed by atoms with van der Waals surface area (Å²) < 4.78 is 21.3. The average Bonchev–Trinajstić information content (AvgIpc) is 2.78. The van der Waals surface area contributed by atoms with Gasteiger partial charge in [0.2, 0.25) is 0 Å². The van der Waals surface area contributed by atoms with Gasteiger partial charge >= 0.3 is 127 Å². The van der Waals surface area contributed by atoms with Gasteiger partial charge in [-0.3, -0.25) is 0 Å². The molecule has 1 aliphatic carbocycles. The van der Waals surface area contributed by atoms with Crippen molar-refractivity contribution in [3.05, 3.63) is 19.8 Å². The zero-order chi connectivity index (χ0) is 14.5. The normalized spacial score (nSPS) is 16.5. The Hall–Kier alpha value is 0.786. The van der Waals surface area contributed by atoms with Gasteiger partial charge < -0.3 is 0 Å². The van der Waals surface area contributed by atoms with Crippen molar-refractivity contribution < 1.29 is 30.0 Å². The van der Waals surface area contributed by atoms with E-state index in [9.17, 15) is 0 Å². The molecule has 0 aromatic rings. The first-order valence-corrected chi connectivity index (χ1v) is 18.8. The summed E-state index contributed by atoms with van der Waals surface area (Å²) in [5, 5.41) is 0. The second kappa shape index (κ2) is 7.70. The Bertz CT molecular complexity index is 341. The summed E-state index contributed by atoms with van der Waals surface area (Å²) in [6.45, 7) is 8.11. The maximum atomic E-state index is 6.12. The van der Waals surface area contributed by atoms with Crippen molar-refractivity contribution in [1.29, 1.82) is 0 Å². The van der Waals surface area contributed by atoms with Gasteiger partial charge in [-0.15, -0.1) is 0 Å². The predicted molar refractivity (Wildman–Crippen MR) is 79.0 cm³/mol. The fraction of sp³-hybridized carbons (Fsp3) is 0.714. The van der Waals surface area contributed by atoms with Crippen LogP contribution >= 0.6 is 0 Å². The molecule has 0 fully saturated rings. The molecule has 0 amide bonds. The monoisotopic (exact) mass is 408 g/mol. The van der Waals surface area contributed by atoms with Crippen LogP contribution in [0, 0.1) is 0 Å². The molecule has 0 unspecified atom stereocenters. The zero-order valence-corrected chi connectivity index (χ0v) is 17.8. The molecule has 19 heavy (non-hydrogen) atoms. The van der Waals surface area contributed by atoms with Crippen molar-refractivity contribution in [3.8, 4) is 0 Å². The standard InChI is InChI=1S/C8H13Ge.3C2H5O.Zr/c1-9(2,3)8-6-4-5-7-8;3*1-2-3;/h4,6H,5H2,1-3H3;3*2H2,1H3;/q;3*-1;+3. The summed E-state index contributed by atoms with van der Waals surface area (Å²) >= 11 is -5.44. The van der Waals surface area contributed by atoms with E-state index < -0.39 is 34.9 Å². The van der Waals surface area contributed by atoms with Crippen molar-refractivity contribution in [2.45, 2.75) is 44.5 Å². The Morgan fingerprint density at radius 2 is 1.47 bits per heavy atom. The van der Waals surface area contributed by atoms with Crippen LogP contribution in [0.1, 0.15) is 27.2 Å². The number of hydrogen-bond donors (Lipinski definition) is 0. The number of allylic oxidation sites excluding steroid dienone is 4. The third-order valence-electron chi connectivity index (χ3n) is 3.11. The molecule has 0 saturated carbocycles. The van der Waals surface area contributed by atoms with Crippen molar-refractivity contribution in [2.75, 3.05) is 19.8 Å². The number of hydrogen-bond acceptors (Lipinski definition) is 3. The second-order valence-corrected chi connectivity index (χ2v) is 22.5. The van der Waals surface area contributed by atoms with E-state index in [0.29, 0.717) is 19.8 Å². The van der Waals surface area contributed by atoms with Crippen LogP contribution in [0.2, 0.25) is 17.3 Å². The molecule has 3 nitrogen and oxygen atoms in total. The fourth-order valence-electron chi connectivity index (χ4n) is 2.45. The molecule has 0 aliphatic heterocycles. The quantitative estimate of drug-likeness (QED) is 0.567. The summed E-state index contributed by atoms with van der Waals surface area (Å²) in [4.78, 5) is 0. The Morgan fingerprint density at radius 1 is 1.00 bits per heavy atom. The fourth-order valence-corrected chi connectivity index (χ4v) is 19.2. The van der Waals surface area contributed by atoms with E-state index in [1.54, 1.807) is 0 Å². The first-order chi connectivity index (χ1) is 8.91. The van der Waals surface area contributed by atoms with E-state index in [1.165, 1.54) is 7.69 Å². The topological polar surface area (TPSA) is 27.7 Å². The summed E-state index contributed by atoms with van der Waals surface area (Å²) in [6, 6.07) is 0. The molecule has 5 heteroatoms. The third kappa shape index (κ3) is 4.37. The van der Waals surface area contributed by atoms with Crippen LogP contribution in [-0.4, -0.2) is 33.1 Å². The van der Waals surface area contributed by atoms with E-state index in [4.69, 9.17) is 8.44 Å². The van der Waals surface area contributed by atoms with Crippen LogP contribution in [-0.2, 0) is 30.0 Å².